The number of esters is 1. The van der Waals surface area contributed by atoms with Crippen LogP contribution in [0.2, 0.25) is 0 Å². The van der Waals surface area contributed by atoms with Gasteiger partial charge in [0.15, 0.2) is 6.04 Å². The molecule has 1 unspecified atom stereocenters. The van der Waals surface area contributed by atoms with Crippen LogP contribution >= 0.6 is 0 Å². The minimum atomic E-state index is -0.610. The number of nitrogens with one attached hydrogen (secondary N) is 1. The van der Waals surface area contributed by atoms with Gasteiger partial charge in [-0.2, -0.15) is 0 Å². The van der Waals surface area contributed by atoms with E-state index in [-0.39, 0.29) is 5.97 Å². The lowest BCUT2D eigenvalue weighted by Crippen LogP contribution is -2.22. The Morgan fingerprint density at radius 2 is 2.10 bits per heavy atom. The fraction of sp³-hybridized carbons (Fsp3) is 0.200. The average molecular weight is 272 g/mol. The highest BCUT2D eigenvalue weighted by Gasteiger charge is 2.21. The fourth-order valence-electron chi connectivity index (χ4n) is 1.82. The van der Waals surface area contributed by atoms with Crippen LogP contribution in [0.1, 0.15) is 11.6 Å². The number of carbonyl (C=O) groups excluding carboxylic acids is 1. The summed E-state index contributed by atoms with van der Waals surface area (Å²) in [6.45, 7) is 0. The molecule has 0 radical (unpaired) electrons. The van der Waals surface area contributed by atoms with Gasteiger partial charge in [0.25, 0.3) is 0 Å². The molecule has 20 heavy (non-hydrogen) atoms. The molecule has 0 spiro atoms. The summed E-state index contributed by atoms with van der Waals surface area (Å²) in [4.78, 5) is 16.0. The number of ether oxygens (including phenoxy) is 2. The standard InChI is InChI=1S/C15H16N2O3/c1-19-13-7-3-6-12(9-13)17-14(15(18)20-2)11-5-4-8-16-10-11/h3-10,14,17H,1-2H3. The Balaban J connectivity index is 2.26. The Labute approximate surface area is 117 Å². The van der Waals surface area contributed by atoms with Crippen molar-refractivity contribution >= 4 is 11.7 Å². The van der Waals surface area contributed by atoms with Gasteiger partial charge in [-0.15, -0.1) is 0 Å². The number of benzene rings is 1. The molecule has 0 saturated carbocycles. The van der Waals surface area contributed by atoms with Crippen molar-refractivity contribution in [3.05, 3.63) is 54.4 Å². The number of hydrogen-bond acceptors (Lipinski definition) is 5. The van der Waals surface area contributed by atoms with E-state index in [9.17, 15) is 4.79 Å². The summed E-state index contributed by atoms with van der Waals surface area (Å²) >= 11 is 0. The first-order chi connectivity index (χ1) is 9.74. The van der Waals surface area contributed by atoms with Gasteiger partial charge >= 0.3 is 5.97 Å². The summed E-state index contributed by atoms with van der Waals surface area (Å²) in [6, 6.07) is 10.3. The van der Waals surface area contributed by atoms with Gasteiger partial charge in [-0.05, 0) is 18.2 Å². The summed E-state index contributed by atoms with van der Waals surface area (Å²) in [6.07, 6.45) is 3.29. The lowest BCUT2D eigenvalue weighted by molar-refractivity contribution is -0.141. The third-order valence-corrected chi connectivity index (χ3v) is 2.84. The van der Waals surface area contributed by atoms with Crippen LogP contribution in [0.3, 0.4) is 0 Å². The fourth-order valence-corrected chi connectivity index (χ4v) is 1.82. The zero-order valence-corrected chi connectivity index (χ0v) is 11.4. The largest absolute Gasteiger partial charge is 0.497 e. The predicted molar refractivity (Wildman–Crippen MR) is 75.6 cm³/mol. The molecular weight excluding hydrogens is 256 g/mol. The Morgan fingerprint density at radius 3 is 2.75 bits per heavy atom. The van der Waals surface area contributed by atoms with Crippen molar-refractivity contribution in [1.29, 1.82) is 0 Å². The van der Waals surface area contributed by atoms with Gasteiger partial charge in [0.2, 0.25) is 0 Å². The first-order valence-corrected chi connectivity index (χ1v) is 6.13. The molecule has 0 bridgehead atoms. The highest BCUT2D eigenvalue weighted by molar-refractivity contribution is 5.81. The summed E-state index contributed by atoms with van der Waals surface area (Å²) in [7, 11) is 2.96. The number of anilines is 1. The third kappa shape index (κ3) is 3.26. The quantitative estimate of drug-likeness (QED) is 0.847. The van der Waals surface area contributed by atoms with Crippen molar-refractivity contribution in [2.24, 2.45) is 0 Å². The van der Waals surface area contributed by atoms with Crippen LogP contribution in [0.15, 0.2) is 48.8 Å². The normalized spacial score (nSPS) is 11.5. The smallest absolute Gasteiger partial charge is 0.333 e. The van der Waals surface area contributed by atoms with Crippen LogP contribution in [0.4, 0.5) is 5.69 Å². The summed E-state index contributed by atoms with van der Waals surface area (Å²) in [5.74, 6) is 0.339. The van der Waals surface area contributed by atoms with Gasteiger partial charge in [-0.25, -0.2) is 4.79 Å². The molecule has 1 atom stereocenters. The van der Waals surface area contributed by atoms with Crippen molar-refractivity contribution in [3.63, 3.8) is 0 Å². The third-order valence-electron chi connectivity index (χ3n) is 2.84. The molecule has 0 aliphatic carbocycles. The van der Waals surface area contributed by atoms with E-state index in [0.29, 0.717) is 5.75 Å². The Kier molecular flexibility index (Phi) is 4.55. The average Bonchev–Trinajstić information content (AvgIpc) is 2.53. The van der Waals surface area contributed by atoms with Crippen molar-refractivity contribution in [3.8, 4) is 5.75 Å². The van der Waals surface area contributed by atoms with Crippen LogP contribution < -0.4 is 10.1 Å². The second kappa shape index (κ2) is 6.56. The van der Waals surface area contributed by atoms with E-state index >= 15 is 0 Å². The zero-order chi connectivity index (χ0) is 14.4. The summed E-state index contributed by atoms with van der Waals surface area (Å²) in [5.41, 5.74) is 1.51. The highest BCUT2D eigenvalue weighted by Crippen LogP contribution is 2.23. The van der Waals surface area contributed by atoms with Crippen molar-refractivity contribution < 1.29 is 14.3 Å². The van der Waals surface area contributed by atoms with Gasteiger partial charge in [-0.1, -0.05) is 12.1 Å². The van der Waals surface area contributed by atoms with E-state index in [1.165, 1.54) is 7.11 Å². The van der Waals surface area contributed by atoms with Crippen LogP contribution in [0.5, 0.6) is 5.75 Å². The van der Waals surface area contributed by atoms with E-state index in [1.807, 2.05) is 30.3 Å². The van der Waals surface area contributed by atoms with E-state index < -0.39 is 6.04 Å². The van der Waals surface area contributed by atoms with Crippen molar-refractivity contribution in [2.75, 3.05) is 19.5 Å². The maximum absolute atomic E-state index is 11.9. The maximum Gasteiger partial charge on any atom is 0.333 e. The number of hydrogen-bond donors (Lipinski definition) is 1. The molecule has 0 amide bonds. The summed E-state index contributed by atoms with van der Waals surface area (Å²) < 4.78 is 10.00. The SMILES string of the molecule is COC(=O)C(Nc1cccc(OC)c1)c1cccnc1. The molecule has 0 aliphatic rings. The molecule has 0 fully saturated rings. The number of pyridine rings is 1. The molecule has 1 aromatic heterocycles. The van der Waals surface area contributed by atoms with Crippen LogP contribution in [0.25, 0.3) is 0 Å². The Morgan fingerprint density at radius 1 is 1.25 bits per heavy atom. The molecule has 1 aromatic carbocycles. The van der Waals surface area contributed by atoms with E-state index in [4.69, 9.17) is 9.47 Å². The van der Waals surface area contributed by atoms with Crippen molar-refractivity contribution in [2.45, 2.75) is 6.04 Å². The van der Waals surface area contributed by atoms with E-state index in [0.717, 1.165) is 11.3 Å². The monoisotopic (exact) mass is 272 g/mol. The van der Waals surface area contributed by atoms with Crippen LogP contribution in [0, 0.1) is 0 Å². The maximum atomic E-state index is 11.9. The molecule has 5 heteroatoms. The minimum absolute atomic E-state index is 0.374. The van der Waals surface area contributed by atoms with Gasteiger partial charge in [0.05, 0.1) is 14.2 Å². The first-order valence-electron chi connectivity index (χ1n) is 6.13. The number of carbonyl (C=O) groups is 1. The van der Waals surface area contributed by atoms with Gasteiger partial charge in [0.1, 0.15) is 5.75 Å². The summed E-state index contributed by atoms with van der Waals surface area (Å²) in [5, 5.41) is 3.13. The number of nitrogens with zero attached hydrogens (tertiary/aromatic N) is 1. The number of rotatable bonds is 5. The Bertz CT molecular complexity index is 572. The Hall–Kier alpha value is -2.56. The molecule has 104 valence electrons. The number of aromatic nitrogens is 1. The van der Waals surface area contributed by atoms with Gasteiger partial charge in [0, 0.05) is 29.7 Å². The molecule has 0 saturated heterocycles. The van der Waals surface area contributed by atoms with E-state index in [1.54, 1.807) is 25.6 Å². The van der Waals surface area contributed by atoms with Gasteiger partial charge in [-0.3, -0.25) is 4.98 Å². The van der Waals surface area contributed by atoms with Crippen LogP contribution in [-0.4, -0.2) is 25.2 Å². The first kappa shape index (κ1) is 13.9. The topological polar surface area (TPSA) is 60.5 Å². The second-order valence-corrected chi connectivity index (χ2v) is 4.12. The molecule has 0 aliphatic heterocycles. The second-order valence-electron chi connectivity index (χ2n) is 4.12. The lowest BCUT2D eigenvalue weighted by Gasteiger charge is -2.18. The lowest BCUT2D eigenvalue weighted by atomic mass is 10.1. The van der Waals surface area contributed by atoms with Crippen LogP contribution in [-0.2, 0) is 9.53 Å². The highest BCUT2D eigenvalue weighted by atomic mass is 16.5. The van der Waals surface area contributed by atoms with Gasteiger partial charge < -0.3 is 14.8 Å². The number of methoxy groups -OCH3 is 2. The molecule has 1 heterocycles. The molecule has 2 rings (SSSR count). The predicted octanol–water partition coefficient (Wildman–Crippen LogP) is 2.42. The molecular formula is C15H16N2O3. The molecule has 5 nitrogen and oxygen atoms in total. The minimum Gasteiger partial charge on any atom is -0.497 e. The molecule has 2 aromatic rings. The zero-order valence-electron chi connectivity index (χ0n) is 11.4. The van der Waals surface area contributed by atoms with E-state index in [2.05, 4.69) is 10.3 Å². The molecule has 1 N–H and O–H groups in total. The van der Waals surface area contributed by atoms with Crippen molar-refractivity contribution in [1.82, 2.24) is 4.98 Å².